The molecule has 0 aromatic carbocycles. The maximum Gasteiger partial charge on any atom is 0.0970 e. The number of nitrogens with one attached hydrogen (secondary N) is 1. The number of nitrogens with zero attached hydrogens (tertiary/aromatic N) is 1. The van der Waals surface area contributed by atoms with Crippen LogP contribution in [0.15, 0.2) is 28.1 Å². The lowest BCUT2D eigenvalue weighted by atomic mass is 10.1. The molecule has 0 saturated heterocycles. The summed E-state index contributed by atoms with van der Waals surface area (Å²) >= 11 is 1.70. The second-order valence-corrected chi connectivity index (χ2v) is 3.07. The van der Waals surface area contributed by atoms with E-state index in [0.29, 0.717) is 5.71 Å². The van der Waals surface area contributed by atoms with Gasteiger partial charge in [-0.2, -0.15) is 0 Å². The summed E-state index contributed by atoms with van der Waals surface area (Å²) in [5.41, 5.74) is 1.41. The highest BCUT2D eigenvalue weighted by Crippen LogP contribution is 2.26. The standard InChI is InChI=1S/C7H6N2S/c8-5-2-1-3-6-7(5)9-4-10-6/h1-3,8H,4H2. The molecule has 0 saturated carbocycles. The van der Waals surface area contributed by atoms with Crippen LogP contribution in [0.4, 0.5) is 0 Å². The van der Waals surface area contributed by atoms with Crippen LogP contribution in [-0.4, -0.2) is 17.3 Å². The van der Waals surface area contributed by atoms with E-state index in [1.807, 2.05) is 12.2 Å². The molecular formula is C7H6N2S. The van der Waals surface area contributed by atoms with Gasteiger partial charge in [-0.05, 0) is 12.2 Å². The van der Waals surface area contributed by atoms with Crippen molar-refractivity contribution in [3.8, 4) is 0 Å². The van der Waals surface area contributed by atoms with Gasteiger partial charge in [0.2, 0.25) is 0 Å². The zero-order chi connectivity index (χ0) is 6.97. The van der Waals surface area contributed by atoms with Crippen molar-refractivity contribution in [1.29, 1.82) is 5.41 Å². The number of allylic oxidation sites excluding steroid dienone is 4. The van der Waals surface area contributed by atoms with Crippen molar-refractivity contribution in [1.82, 2.24) is 0 Å². The lowest BCUT2D eigenvalue weighted by molar-refractivity contribution is 1.41. The first-order chi connectivity index (χ1) is 4.88. The molecule has 2 aliphatic rings. The first kappa shape index (κ1) is 5.92. The third-order valence-electron chi connectivity index (χ3n) is 1.44. The fourth-order valence-electron chi connectivity index (χ4n) is 0.968. The van der Waals surface area contributed by atoms with Gasteiger partial charge in [0.1, 0.15) is 0 Å². The highest BCUT2D eigenvalue weighted by molar-refractivity contribution is 8.04. The van der Waals surface area contributed by atoms with Crippen molar-refractivity contribution in [2.75, 3.05) is 5.88 Å². The fraction of sp³-hybridized carbons (Fsp3) is 0.143. The third-order valence-corrected chi connectivity index (χ3v) is 2.34. The summed E-state index contributed by atoms with van der Waals surface area (Å²) in [5, 5.41) is 7.44. The molecule has 0 unspecified atom stereocenters. The van der Waals surface area contributed by atoms with Gasteiger partial charge in [0.25, 0.3) is 0 Å². The summed E-state index contributed by atoms with van der Waals surface area (Å²) in [7, 11) is 0. The molecule has 0 bridgehead atoms. The molecule has 1 aliphatic heterocycles. The molecule has 0 radical (unpaired) electrons. The molecule has 0 fully saturated rings. The Bertz CT molecular complexity index is 273. The van der Waals surface area contributed by atoms with Gasteiger partial charge in [-0.25, -0.2) is 0 Å². The van der Waals surface area contributed by atoms with E-state index in [0.717, 1.165) is 16.5 Å². The maximum atomic E-state index is 7.44. The molecule has 0 spiro atoms. The molecule has 50 valence electrons. The lowest BCUT2D eigenvalue weighted by Gasteiger charge is -2.02. The van der Waals surface area contributed by atoms with Crippen LogP contribution in [0, 0.1) is 5.41 Å². The van der Waals surface area contributed by atoms with Crippen LogP contribution in [0.3, 0.4) is 0 Å². The predicted octanol–water partition coefficient (Wildman–Crippen LogP) is 1.61. The van der Waals surface area contributed by atoms with E-state index in [2.05, 4.69) is 4.99 Å². The van der Waals surface area contributed by atoms with Crippen LogP contribution >= 0.6 is 11.8 Å². The number of thioether (sulfide) groups is 1. The van der Waals surface area contributed by atoms with Crippen molar-refractivity contribution in [3.63, 3.8) is 0 Å². The van der Waals surface area contributed by atoms with Gasteiger partial charge in [-0.1, -0.05) is 6.08 Å². The van der Waals surface area contributed by atoms with Gasteiger partial charge in [0.05, 0.1) is 17.3 Å². The molecule has 0 aromatic rings. The van der Waals surface area contributed by atoms with E-state index >= 15 is 0 Å². The second-order valence-electron chi connectivity index (χ2n) is 2.08. The molecule has 1 aliphatic carbocycles. The number of hydrogen-bond donors (Lipinski definition) is 1. The van der Waals surface area contributed by atoms with Crippen LogP contribution in [0.25, 0.3) is 0 Å². The Balaban J connectivity index is 2.48. The Morgan fingerprint density at radius 2 is 2.50 bits per heavy atom. The molecular weight excluding hydrogens is 144 g/mol. The lowest BCUT2D eigenvalue weighted by Crippen LogP contribution is -2.10. The van der Waals surface area contributed by atoms with Gasteiger partial charge in [-0.3, -0.25) is 10.4 Å². The second kappa shape index (κ2) is 2.09. The fourth-order valence-corrected chi connectivity index (χ4v) is 1.79. The predicted molar refractivity (Wildman–Crippen MR) is 44.8 cm³/mol. The Hall–Kier alpha value is -0.830. The molecule has 1 heterocycles. The molecule has 2 rings (SSSR count). The average molecular weight is 150 g/mol. The van der Waals surface area contributed by atoms with Gasteiger partial charge in [0.15, 0.2) is 0 Å². The summed E-state index contributed by atoms with van der Waals surface area (Å²) in [6.07, 6.45) is 5.68. The van der Waals surface area contributed by atoms with Gasteiger partial charge < -0.3 is 0 Å². The van der Waals surface area contributed by atoms with Gasteiger partial charge in [-0.15, -0.1) is 11.8 Å². The molecule has 2 nitrogen and oxygen atoms in total. The zero-order valence-electron chi connectivity index (χ0n) is 5.29. The van der Waals surface area contributed by atoms with Crippen LogP contribution < -0.4 is 0 Å². The van der Waals surface area contributed by atoms with Gasteiger partial charge >= 0.3 is 0 Å². The summed E-state index contributed by atoms with van der Waals surface area (Å²) in [6.45, 7) is 0. The van der Waals surface area contributed by atoms with Crippen molar-refractivity contribution in [2.45, 2.75) is 0 Å². The summed E-state index contributed by atoms with van der Waals surface area (Å²) in [4.78, 5) is 5.32. The maximum absolute atomic E-state index is 7.44. The molecule has 10 heavy (non-hydrogen) atoms. The van der Waals surface area contributed by atoms with E-state index in [1.165, 1.54) is 0 Å². The minimum absolute atomic E-state index is 0.544. The quantitative estimate of drug-likeness (QED) is 0.523. The normalized spacial score (nSPS) is 22.2. The number of fused-ring (bicyclic) bond motifs is 1. The number of rotatable bonds is 0. The molecule has 1 N–H and O–H groups in total. The van der Waals surface area contributed by atoms with E-state index in [1.54, 1.807) is 17.8 Å². The van der Waals surface area contributed by atoms with E-state index in [9.17, 15) is 0 Å². The van der Waals surface area contributed by atoms with Crippen molar-refractivity contribution in [3.05, 3.63) is 23.1 Å². The molecule has 0 amide bonds. The van der Waals surface area contributed by atoms with Crippen molar-refractivity contribution < 1.29 is 0 Å². The summed E-state index contributed by atoms with van der Waals surface area (Å²) < 4.78 is 0. The van der Waals surface area contributed by atoms with Crippen LogP contribution in [0.5, 0.6) is 0 Å². The monoisotopic (exact) mass is 150 g/mol. The Kier molecular flexibility index (Phi) is 1.24. The SMILES string of the molecule is N=C1C=CC=C2SCN=C12. The first-order valence-corrected chi connectivity index (χ1v) is 4.01. The third kappa shape index (κ3) is 0.743. The Morgan fingerprint density at radius 1 is 1.60 bits per heavy atom. The molecule has 3 heteroatoms. The van der Waals surface area contributed by atoms with Crippen molar-refractivity contribution >= 4 is 23.2 Å². The van der Waals surface area contributed by atoms with Crippen LogP contribution in [0.2, 0.25) is 0 Å². The number of hydrogen-bond acceptors (Lipinski definition) is 3. The highest BCUT2D eigenvalue weighted by atomic mass is 32.2. The molecule has 0 aromatic heterocycles. The van der Waals surface area contributed by atoms with E-state index in [-0.39, 0.29) is 0 Å². The Morgan fingerprint density at radius 3 is 3.30 bits per heavy atom. The average Bonchev–Trinajstić information content (AvgIpc) is 2.36. The van der Waals surface area contributed by atoms with E-state index in [4.69, 9.17) is 5.41 Å². The smallest absolute Gasteiger partial charge is 0.0970 e. The van der Waals surface area contributed by atoms with Crippen LogP contribution in [-0.2, 0) is 0 Å². The largest absolute Gasteiger partial charge is 0.299 e. The van der Waals surface area contributed by atoms with E-state index < -0.39 is 0 Å². The number of aliphatic imine (C=N–C) groups is 1. The highest BCUT2D eigenvalue weighted by Gasteiger charge is 2.18. The minimum Gasteiger partial charge on any atom is -0.299 e. The Labute approximate surface area is 63.2 Å². The molecule has 0 atom stereocenters. The summed E-state index contributed by atoms with van der Waals surface area (Å²) in [6, 6.07) is 0. The summed E-state index contributed by atoms with van der Waals surface area (Å²) in [5.74, 6) is 0.783. The zero-order valence-corrected chi connectivity index (χ0v) is 6.11. The topological polar surface area (TPSA) is 36.2 Å². The minimum atomic E-state index is 0.544. The van der Waals surface area contributed by atoms with Gasteiger partial charge in [0, 0.05) is 4.91 Å². The van der Waals surface area contributed by atoms with Crippen LogP contribution in [0.1, 0.15) is 0 Å². The van der Waals surface area contributed by atoms with Crippen molar-refractivity contribution in [2.24, 2.45) is 4.99 Å². The first-order valence-electron chi connectivity index (χ1n) is 3.03.